The van der Waals surface area contributed by atoms with Crippen molar-refractivity contribution in [3.05, 3.63) is 96.1 Å². The summed E-state index contributed by atoms with van der Waals surface area (Å²) in [5.74, 6) is -1.27. The summed E-state index contributed by atoms with van der Waals surface area (Å²) in [5.41, 5.74) is 5.10. The van der Waals surface area contributed by atoms with Gasteiger partial charge in [-0.05, 0) is 11.1 Å². The average Bonchev–Trinajstić information content (AvgIpc) is 3.20. The number of aliphatic hydroxyl groups is 1. The van der Waals surface area contributed by atoms with E-state index in [1.165, 1.54) is 18.6 Å². The zero-order valence-corrected chi connectivity index (χ0v) is 20.3. The first-order chi connectivity index (χ1) is 15.8. The van der Waals surface area contributed by atoms with Crippen LogP contribution >= 0.6 is 0 Å². The highest BCUT2D eigenvalue weighted by atomic mass is 79.9. The normalized spacial score (nSPS) is 20.7. The fraction of sp³-hybridized carbons (Fsp3) is 0.280. The van der Waals surface area contributed by atoms with E-state index in [1.807, 2.05) is 19.2 Å². The predicted octanol–water partition coefficient (Wildman–Crippen LogP) is -1.29. The number of amides is 1. The van der Waals surface area contributed by atoms with Crippen LogP contribution in [-0.4, -0.2) is 57.7 Å². The molecule has 3 N–H and O–H groups in total. The molecule has 2 unspecified atom stereocenters. The van der Waals surface area contributed by atoms with Crippen molar-refractivity contribution in [2.75, 3.05) is 20.1 Å². The van der Waals surface area contributed by atoms with Crippen LogP contribution in [0.4, 0.5) is 0 Å². The Hall–Kier alpha value is -3.14. The maximum Gasteiger partial charge on any atom is 0.348 e. The quantitative estimate of drug-likeness (QED) is 0.292. The number of rotatable bonds is 7. The standard InChI is InChI=1S/C25H26N4O4.BrH/c1-29(22(23(26)30)21-16-27-13-14-28-21)15-12-20(17-29)33-24(31)25(32,18-8-4-2-5-9-18)19-10-6-3-7-11-19;/h2-11,13-14,16,20,22,32H,12,15,17H2,1H3,(H-,26,30);1H/t20-,22?,29?;/m1./s1. The third-order valence-corrected chi connectivity index (χ3v) is 6.29. The average molecular weight is 527 g/mol. The van der Waals surface area contributed by atoms with Gasteiger partial charge < -0.3 is 37.0 Å². The first kappa shape index (κ1) is 25.5. The van der Waals surface area contributed by atoms with Gasteiger partial charge >= 0.3 is 5.97 Å². The summed E-state index contributed by atoms with van der Waals surface area (Å²) in [5, 5.41) is 11.6. The number of hydrogen-bond acceptors (Lipinski definition) is 6. The SMILES string of the molecule is C[N+]1(C(C(N)=O)c2cnccn2)CC[C@@H](OC(=O)C(O)(c2ccccc2)c2ccccc2)C1.[Br-]. The lowest BCUT2D eigenvalue weighted by Crippen LogP contribution is -3.00. The number of hydrogen-bond donors (Lipinski definition) is 2. The summed E-state index contributed by atoms with van der Waals surface area (Å²) < 4.78 is 6.09. The summed E-state index contributed by atoms with van der Waals surface area (Å²) in [6.45, 7) is 0.910. The molecule has 4 rings (SSSR count). The van der Waals surface area contributed by atoms with Gasteiger partial charge in [0.05, 0.1) is 19.8 Å². The first-order valence-corrected chi connectivity index (χ1v) is 10.8. The Morgan fingerprint density at radius 3 is 2.18 bits per heavy atom. The van der Waals surface area contributed by atoms with Gasteiger partial charge in [0.1, 0.15) is 12.2 Å². The van der Waals surface area contributed by atoms with Crippen molar-refractivity contribution in [1.82, 2.24) is 9.97 Å². The Kier molecular flexibility index (Phi) is 7.81. The van der Waals surface area contributed by atoms with Crippen LogP contribution in [0.2, 0.25) is 0 Å². The van der Waals surface area contributed by atoms with Crippen molar-refractivity contribution >= 4 is 11.9 Å². The number of likely N-dealkylation sites (tertiary alicyclic amines) is 1. The molecule has 1 aliphatic rings. The molecule has 1 fully saturated rings. The molecule has 1 aromatic heterocycles. The maximum atomic E-state index is 13.4. The zero-order valence-electron chi connectivity index (χ0n) is 18.8. The molecule has 8 nitrogen and oxygen atoms in total. The fourth-order valence-corrected chi connectivity index (χ4v) is 4.64. The molecule has 0 radical (unpaired) electrons. The molecule has 2 heterocycles. The summed E-state index contributed by atoms with van der Waals surface area (Å²) in [6, 6.07) is 16.7. The number of esters is 1. The molecule has 9 heteroatoms. The molecule has 0 spiro atoms. The van der Waals surface area contributed by atoms with Crippen molar-refractivity contribution in [2.24, 2.45) is 5.73 Å². The van der Waals surface area contributed by atoms with Crippen LogP contribution in [0.3, 0.4) is 0 Å². The highest BCUT2D eigenvalue weighted by molar-refractivity contribution is 5.85. The summed E-state index contributed by atoms with van der Waals surface area (Å²) in [7, 11) is 1.89. The van der Waals surface area contributed by atoms with Gasteiger partial charge in [-0.15, -0.1) is 0 Å². The molecule has 178 valence electrons. The van der Waals surface area contributed by atoms with E-state index in [4.69, 9.17) is 10.5 Å². The molecular weight excluding hydrogens is 500 g/mol. The molecule has 34 heavy (non-hydrogen) atoms. The number of primary amides is 1. The van der Waals surface area contributed by atoms with Crippen molar-refractivity contribution in [3.8, 4) is 0 Å². The van der Waals surface area contributed by atoms with Crippen LogP contribution in [0, 0.1) is 0 Å². The second-order valence-corrected chi connectivity index (χ2v) is 8.58. The minimum atomic E-state index is -1.96. The maximum absolute atomic E-state index is 13.4. The monoisotopic (exact) mass is 526 g/mol. The van der Waals surface area contributed by atoms with Gasteiger partial charge in [0, 0.05) is 18.8 Å². The molecule has 3 atom stereocenters. The van der Waals surface area contributed by atoms with E-state index in [2.05, 4.69) is 9.97 Å². The lowest BCUT2D eigenvalue weighted by molar-refractivity contribution is -0.920. The van der Waals surface area contributed by atoms with E-state index in [0.717, 1.165) is 0 Å². The number of carbonyl (C=O) groups excluding carboxylic acids is 2. The number of aromatic nitrogens is 2. The van der Waals surface area contributed by atoms with Crippen LogP contribution in [0.5, 0.6) is 0 Å². The largest absolute Gasteiger partial charge is 1.00 e. The lowest BCUT2D eigenvalue weighted by atomic mass is 9.86. The fourth-order valence-electron chi connectivity index (χ4n) is 4.64. The Morgan fingerprint density at radius 2 is 1.68 bits per heavy atom. The smallest absolute Gasteiger partial charge is 0.348 e. The third kappa shape index (κ3) is 4.86. The number of likely N-dealkylation sites (N-methyl/N-ethyl adjacent to an activating group) is 1. The van der Waals surface area contributed by atoms with Crippen LogP contribution in [0.25, 0.3) is 0 Å². The van der Waals surface area contributed by atoms with E-state index in [-0.39, 0.29) is 21.5 Å². The van der Waals surface area contributed by atoms with E-state index < -0.39 is 29.6 Å². The number of nitrogens with zero attached hydrogens (tertiary/aromatic N) is 3. The Bertz CT molecular complexity index is 1080. The van der Waals surface area contributed by atoms with Gasteiger partial charge in [-0.1, -0.05) is 60.7 Å². The number of nitrogens with two attached hydrogens (primary N) is 1. The summed E-state index contributed by atoms with van der Waals surface area (Å²) in [4.78, 5) is 34.1. The van der Waals surface area contributed by atoms with Crippen LogP contribution in [0.15, 0.2) is 79.3 Å². The highest BCUT2D eigenvalue weighted by Crippen LogP contribution is 2.35. The van der Waals surface area contributed by atoms with Gasteiger partial charge in [-0.25, -0.2) is 4.79 Å². The number of carbonyl (C=O) groups is 2. The summed E-state index contributed by atoms with van der Waals surface area (Å²) in [6.07, 6.45) is 4.60. The minimum absolute atomic E-state index is 0. The second-order valence-electron chi connectivity index (χ2n) is 8.58. The van der Waals surface area contributed by atoms with Gasteiger partial charge in [-0.2, -0.15) is 0 Å². The number of quaternary nitrogens is 1. The predicted molar refractivity (Wildman–Crippen MR) is 120 cm³/mol. The molecule has 3 aromatic rings. The lowest BCUT2D eigenvalue weighted by Gasteiger charge is -2.35. The van der Waals surface area contributed by atoms with Crippen molar-refractivity contribution in [3.63, 3.8) is 0 Å². The Labute approximate surface area is 208 Å². The van der Waals surface area contributed by atoms with E-state index >= 15 is 0 Å². The molecule has 1 saturated heterocycles. The molecule has 0 saturated carbocycles. The van der Waals surface area contributed by atoms with Crippen molar-refractivity contribution < 1.29 is 40.9 Å². The van der Waals surface area contributed by atoms with Crippen molar-refractivity contribution in [1.29, 1.82) is 0 Å². The van der Waals surface area contributed by atoms with E-state index in [9.17, 15) is 14.7 Å². The minimum Gasteiger partial charge on any atom is -1.00 e. The van der Waals surface area contributed by atoms with Crippen LogP contribution in [0.1, 0.15) is 29.3 Å². The molecule has 2 aromatic carbocycles. The van der Waals surface area contributed by atoms with E-state index in [0.29, 0.717) is 36.3 Å². The molecule has 1 aliphatic heterocycles. The number of halogens is 1. The van der Waals surface area contributed by atoms with Crippen molar-refractivity contribution in [2.45, 2.75) is 24.2 Å². The van der Waals surface area contributed by atoms with Gasteiger partial charge in [0.2, 0.25) is 11.6 Å². The van der Waals surface area contributed by atoms with Gasteiger partial charge in [-0.3, -0.25) is 14.8 Å². The second kappa shape index (κ2) is 10.4. The summed E-state index contributed by atoms with van der Waals surface area (Å²) >= 11 is 0. The van der Waals surface area contributed by atoms with Crippen LogP contribution in [-0.2, 0) is 19.9 Å². The Balaban J connectivity index is 0.00000324. The van der Waals surface area contributed by atoms with Gasteiger partial charge in [0.25, 0.3) is 5.91 Å². The molecular formula is C25H27BrN4O4. The molecule has 0 bridgehead atoms. The first-order valence-electron chi connectivity index (χ1n) is 10.8. The van der Waals surface area contributed by atoms with Gasteiger partial charge in [0.15, 0.2) is 6.10 Å². The highest BCUT2D eigenvalue weighted by Gasteiger charge is 2.49. The molecule has 0 aliphatic carbocycles. The molecule has 1 amide bonds. The number of ether oxygens (including phenoxy) is 1. The zero-order chi connectivity index (χ0) is 23.5. The number of benzene rings is 2. The van der Waals surface area contributed by atoms with Crippen LogP contribution < -0.4 is 22.7 Å². The van der Waals surface area contributed by atoms with E-state index in [1.54, 1.807) is 48.5 Å². The topological polar surface area (TPSA) is 115 Å². The Morgan fingerprint density at radius 1 is 1.09 bits per heavy atom. The third-order valence-electron chi connectivity index (χ3n) is 6.29.